The summed E-state index contributed by atoms with van der Waals surface area (Å²) in [6, 6.07) is 36.7. The molecule has 1 heterocycles. The number of rotatable bonds is 7. The summed E-state index contributed by atoms with van der Waals surface area (Å²) in [6.45, 7) is 4.19. The van der Waals surface area contributed by atoms with Gasteiger partial charge in [0, 0.05) is 16.7 Å². The van der Waals surface area contributed by atoms with E-state index in [2.05, 4.69) is 18.5 Å². The van der Waals surface area contributed by atoms with Crippen molar-refractivity contribution in [3.63, 3.8) is 0 Å². The Morgan fingerprint density at radius 3 is 1.59 bits per heavy atom. The van der Waals surface area contributed by atoms with E-state index in [-0.39, 0.29) is 12.0 Å². The Bertz CT molecular complexity index is 1430. The number of hydrogen-bond acceptors (Lipinski definition) is 3. The molecule has 37 heavy (non-hydrogen) atoms. The van der Waals surface area contributed by atoms with Crippen molar-refractivity contribution in [2.45, 2.75) is 42.5 Å². The van der Waals surface area contributed by atoms with E-state index in [1.807, 2.05) is 97.1 Å². The Balaban J connectivity index is 1.79. The molecule has 0 radical (unpaired) electrons. The van der Waals surface area contributed by atoms with Gasteiger partial charge in [0.15, 0.2) is 9.84 Å². The van der Waals surface area contributed by atoms with Crippen molar-refractivity contribution in [3.05, 3.63) is 127 Å². The standard InChI is InChI=1S/C31H32NO3PS/c1-24(2)29-23-30(37(34,35)28-21-13-6-14-22-28)31(25-15-7-3-8-16-25)32(29)36(33,26-17-9-4-10-18-26)27-19-11-5-12-20-27/h3-22,24,29-31H,23H2,1-2H3/t29-,30+,31-/m1/s1. The van der Waals surface area contributed by atoms with Crippen LogP contribution in [0.4, 0.5) is 0 Å². The van der Waals surface area contributed by atoms with Crippen molar-refractivity contribution >= 4 is 27.7 Å². The Morgan fingerprint density at radius 2 is 1.14 bits per heavy atom. The van der Waals surface area contributed by atoms with E-state index in [4.69, 9.17) is 0 Å². The van der Waals surface area contributed by atoms with Gasteiger partial charge in [0.05, 0.1) is 16.2 Å². The van der Waals surface area contributed by atoms with Crippen LogP contribution in [-0.2, 0) is 14.4 Å². The van der Waals surface area contributed by atoms with Gasteiger partial charge >= 0.3 is 0 Å². The zero-order valence-corrected chi connectivity index (χ0v) is 22.8. The van der Waals surface area contributed by atoms with Crippen molar-refractivity contribution in [2.24, 2.45) is 5.92 Å². The first-order valence-electron chi connectivity index (χ1n) is 12.7. The molecule has 0 aliphatic carbocycles. The van der Waals surface area contributed by atoms with Gasteiger partial charge in [0.1, 0.15) is 0 Å². The lowest BCUT2D eigenvalue weighted by Crippen LogP contribution is -2.40. The van der Waals surface area contributed by atoms with Gasteiger partial charge < -0.3 is 0 Å². The maximum absolute atomic E-state index is 15.7. The number of benzene rings is 4. The van der Waals surface area contributed by atoms with Crippen LogP contribution >= 0.6 is 7.29 Å². The second-order valence-corrected chi connectivity index (χ2v) is 14.7. The molecule has 0 unspecified atom stereocenters. The molecule has 1 saturated heterocycles. The van der Waals surface area contributed by atoms with Gasteiger partial charge in [-0.3, -0.25) is 4.57 Å². The van der Waals surface area contributed by atoms with Crippen LogP contribution in [0.5, 0.6) is 0 Å². The zero-order valence-electron chi connectivity index (χ0n) is 21.1. The van der Waals surface area contributed by atoms with E-state index in [0.717, 1.165) is 5.56 Å². The van der Waals surface area contributed by atoms with Gasteiger partial charge in [-0.05, 0) is 54.3 Å². The van der Waals surface area contributed by atoms with E-state index in [0.29, 0.717) is 21.9 Å². The fraction of sp³-hybridized carbons (Fsp3) is 0.226. The molecule has 0 N–H and O–H groups in total. The molecule has 0 saturated carbocycles. The van der Waals surface area contributed by atoms with E-state index in [9.17, 15) is 8.42 Å². The van der Waals surface area contributed by atoms with Crippen molar-refractivity contribution in [3.8, 4) is 0 Å². The van der Waals surface area contributed by atoms with Crippen LogP contribution in [0.1, 0.15) is 31.9 Å². The van der Waals surface area contributed by atoms with Crippen LogP contribution in [0.15, 0.2) is 126 Å². The average molecular weight is 530 g/mol. The van der Waals surface area contributed by atoms with E-state index < -0.39 is 28.4 Å². The van der Waals surface area contributed by atoms with E-state index >= 15 is 4.57 Å². The lowest BCUT2D eigenvalue weighted by molar-refractivity contribution is 0.276. The van der Waals surface area contributed by atoms with Gasteiger partial charge in [-0.1, -0.05) is 98.8 Å². The Hall–Kier alpha value is -2.98. The summed E-state index contributed by atoms with van der Waals surface area (Å²) < 4.78 is 46.2. The van der Waals surface area contributed by atoms with Gasteiger partial charge in [-0.15, -0.1) is 0 Å². The molecule has 4 nitrogen and oxygen atoms in total. The highest BCUT2D eigenvalue weighted by Gasteiger charge is 2.55. The van der Waals surface area contributed by atoms with Gasteiger partial charge in [0.2, 0.25) is 7.29 Å². The average Bonchev–Trinajstić information content (AvgIpc) is 3.37. The molecule has 4 aromatic carbocycles. The molecule has 6 heteroatoms. The quantitative estimate of drug-likeness (QED) is 0.266. The highest BCUT2D eigenvalue weighted by atomic mass is 32.2. The van der Waals surface area contributed by atoms with Crippen LogP contribution in [0, 0.1) is 5.92 Å². The van der Waals surface area contributed by atoms with Crippen LogP contribution < -0.4 is 10.6 Å². The molecule has 1 aliphatic rings. The summed E-state index contributed by atoms with van der Waals surface area (Å²) in [5.41, 5.74) is 0.863. The van der Waals surface area contributed by atoms with Crippen molar-refractivity contribution in [1.82, 2.24) is 4.67 Å². The van der Waals surface area contributed by atoms with Gasteiger partial charge in [-0.25, -0.2) is 13.1 Å². The topological polar surface area (TPSA) is 54.5 Å². The van der Waals surface area contributed by atoms with Crippen LogP contribution in [0.3, 0.4) is 0 Å². The first kappa shape index (κ1) is 25.7. The Kier molecular flexibility index (Phi) is 7.22. The molecular weight excluding hydrogens is 497 g/mol. The fourth-order valence-electron chi connectivity index (χ4n) is 5.59. The lowest BCUT2D eigenvalue weighted by atomic mass is 10.0. The number of sulfone groups is 1. The second-order valence-electron chi connectivity index (χ2n) is 9.93. The minimum Gasteiger partial charge on any atom is -0.296 e. The molecule has 0 amide bonds. The SMILES string of the molecule is CC(C)[C@H]1C[C@H](S(=O)(=O)c2ccccc2)[C@@H](c2ccccc2)N1P(=O)(c1ccccc1)c1ccccc1. The molecule has 5 rings (SSSR count). The zero-order chi connectivity index (χ0) is 26.0. The summed E-state index contributed by atoms with van der Waals surface area (Å²) in [4.78, 5) is 0.305. The number of nitrogens with zero attached hydrogens (tertiary/aromatic N) is 1. The van der Waals surface area contributed by atoms with E-state index in [1.54, 1.807) is 24.3 Å². The van der Waals surface area contributed by atoms with Crippen LogP contribution in [0.25, 0.3) is 0 Å². The minimum absolute atomic E-state index is 0.0861. The molecular formula is C31H32NO3PS. The van der Waals surface area contributed by atoms with E-state index in [1.165, 1.54) is 0 Å². The molecule has 1 aliphatic heterocycles. The highest BCUT2D eigenvalue weighted by molar-refractivity contribution is 7.92. The molecule has 1 fully saturated rings. The molecule has 0 aromatic heterocycles. The minimum atomic E-state index is -3.72. The van der Waals surface area contributed by atoms with Gasteiger partial charge in [-0.2, -0.15) is 0 Å². The molecule has 190 valence electrons. The first-order valence-corrected chi connectivity index (χ1v) is 15.9. The predicted octanol–water partition coefficient (Wildman–Crippen LogP) is 6.23. The fourth-order valence-corrected chi connectivity index (χ4v) is 11.0. The summed E-state index contributed by atoms with van der Waals surface area (Å²) >= 11 is 0. The third-order valence-electron chi connectivity index (χ3n) is 7.37. The molecule has 0 spiro atoms. The molecule has 4 aromatic rings. The largest absolute Gasteiger partial charge is 0.296 e. The Morgan fingerprint density at radius 1 is 0.703 bits per heavy atom. The first-order chi connectivity index (χ1) is 17.8. The summed E-state index contributed by atoms with van der Waals surface area (Å²) in [5.74, 6) is 0.0861. The maximum Gasteiger partial charge on any atom is 0.208 e. The third-order valence-corrected chi connectivity index (χ3v) is 12.7. The summed E-state index contributed by atoms with van der Waals surface area (Å²) in [7, 11) is -7.16. The highest BCUT2D eigenvalue weighted by Crippen LogP contribution is 2.60. The van der Waals surface area contributed by atoms with Crippen LogP contribution in [0.2, 0.25) is 0 Å². The third kappa shape index (κ3) is 4.61. The van der Waals surface area contributed by atoms with Gasteiger partial charge in [0.25, 0.3) is 0 Å². The lowest BCUT2D eigenvalue weighted by Gasteiger charge is -2.40. The smallest absolute Gasteiger partial charge is 0.208 e. The van der Waals surface area contributed by atoms with Crippen LogP contribution in [-0.4, -0.2) is 24.4 Å². The molecule has 0 bridgehead atoms. The monoisotopic (exact) mass is 529 g/mol. The van der Waals surface area contributed by atoms with Crippen molar-refractivity contribution in [1.29, 1.82) is 0 Å². The summed E-state index contributed by atoms with van der Waals surface area (Å²) in [5, 5.41) is 0.682. The normalized spacial score (nSPS) is 20.8. The molecule has 3 atom stereocenters. The van der Waals surface area contributed by atoms with Crippen molar-refractivity contribution < 1.29 is 13.0 Å². The Labute approximate surface area is 220 Å². The maximum atomic E-state index is 15.7. The van der Waals surface area contributed by atoms with Crippen molar-refractivity contribution in [2.75, 3.05) is 0 Å². The second kappa shape index (κ2) is 10.4. The summed E-state index contributed by atoms with van der Waals surface area (Å²) in [6.07, 6.45) is 0.401. The predicted molar refractivity (Wildman–Crippen MR) is 151 cm³/mol. The number of hydrogen-bond donors (Lipinski definition) is 0.